The summed E-state index contributed by atoms with van der Waals surface area (Å²) in [5.74, 6) is 0. The molecule has 64 valence electrons. The molecule has 1 aliphatic carbocycles. The van der Waals surface area contributed by atoms with E-state index >= 15 is 0 Å². The van der Waals surface area contributed by atoms with Crippen LogP contribution in [-0.2, 0) is 23.4 Å². The van der Waals surface area contributed by atoms with Crippen molar-refractivity contribution < 1.29 is 4.21 Å². The lowest BCUT2D eigenvalue weighted by Crippen LogP contribution is -2.07. The number of nitrogens with one attached hydrogen (secondary N) is 1. The normalized spacial score (nSPS) is 19.0. The fourth-order valence-electron chi connectivity index (χ4n) is 1.70. The monoisotopic (exact) mass is 181 g/mol. The zero-order valence-corrected chi connectivity index (χ0v) is 7.55. The second-order valence-electron chi connectivity index (χ2n) is 3.16. The lowest BCUT2D eigenvalue weighted by atomic mass is 10.1. The van der Waals surface area contributed by atoms with Crippen LogP contribution in [0.25, 0.3) is 0 Å². The van der Waals surface area contributed by atoms with Gasteiger partial charge in [-0.3, -0.25) is 8.99 Å². The van der Waals surface area contributed by atoms with E-state index in [0.717, 1.165) is 12.8 Å². The number of benzene rings is 1. The summed E-state index contributed by atoms with van der Waals surface area (Å²) in [4.78, 5) is 0. The maximum Gasteiger partial charge on any atom is 0.0482 e. The number of hydrogen-bond acceptors (Lipinski definition) is 2. The summed E-state index contributed by atoms with van der Waals surface area (Å²) in [5, 5.41) is 0.0670. The Morgan fingerprint density at radius 3 is 2.17 bits per heavy atom. The van der Waals surface area contributed by atoms with E-state index < -0.39 is 10.6 Å². The lowest BCUT2D eigenvalue weighted by molar-refractivity contribution is 0.675. The Labute approximate surface area is 73.6 Å². The molecule has 0 amide bonds. The van der Waals surface area contributed by atoms with E-state index in [2.05, 4.69) is 12.1 Å². The van der Waals surface area contributed by atoms with Gasteiger partial charge in [0.2, 0.25) is 0 Å². The number of thiol groups is 1. The summed E-state index contributed by atoms with van der Waals surface area (Å²) in [6, 6.07) is 8.12. The molecule has 12 heavy (non-hydrogen) atoms. The van der Waals surface area contributed by atoms with Gasteiger partial charge in [-0.25, -0.2) is 0 Å². The zero-order valence-electron chi connectivity index (χ0n) is 6.66. The van der Waals surface area contributed by atoms with Crippen molar-refractivity contribution in [2.24, 2.45) is 0 Å². The SMILES string of the molecule is N=[SH](=O)C1Cc2ccccc2C1. The molecule has 1 unspecified atom stereocenters. The molecule has 1 N–H and O–H groups in total. The maximum absolute atomic E-state index is 10.9. The van der Waals surface area contributed by atoms with Crippen LogP contribution in [0.2, 0.25) is 0 Å². The van der Waals surface area contributed by atoms with E-state index in [4.69, 9.17) is 4.78 Å². The Morgan fingerprint density at radius 1 is 1.25 bits per heavy atom. The number of hydrogen-bond donors (Lipinski definition) is 2. The molecular weight excluding hydrogens is 170 g/mol. The van der Waals surface area contributed by atoms with E-state index in [9.17, 15) is 4.21 Å². The third-order valence-corrected chi connectivity index (χ3v) is 3.39. The smallest absolute Gasteiger partial charge is 0.0482 e. The van der Waals surface area contributed by atoms with Gasteiger partial charge in [0.1, 0.15) is 0 Å². The molecule has 0 saturated carbocycles. The van der Waals surface area contributed by atoms with E-state index in [-0.39, 0.29) is 5.25 Å². The largest absolute Gasteiger partial charge is 0.255 e. The highest BCUT2D eigenvalue weighted by Gasteiger charge is 2.21. The molecule has 0 fully saturated rings. The van der Waals surface area contributed by atoms with Crippen LogP contribution in [0.3, 0.4) is 0 Å². The van der Waals surface area contributed by atoms with Crippen LogP contribution in [0.4, 0.5) is 0 Å². The first-order chi connectivity index (χ1) is 5.77. The molecule has 0 saturated heterocycles. The number of fused-ring (bicyclic) bond motifs is 1. The fraction of sp³-hybridized carbons (Fsp3) is 0.333. The molecular formula is C9H11NOS. The van der Waals surface area contributed by atoms with Gasteiger partial charge in [0.05, 0.1) is 0 Å². The predicted octanol–water partition coefficient (Wildman–Crippen LogP) is 1.40. The van der Waals surface area contributed by atoms with Crippen LogP contribution in [0.5, 0.6) is 0 Å². The van der Waals surface area contributed by atoms with Crippen LogP contribution < -0.4 is 0 Å². The molecule has 0 aromatic heterocycles. The second-order valence-corrected chi connectivity index (χ2v) is 4.54. The van der Waals surface area contributed by atoms with Gasteiger partial charge < -0.3 is 0 Å². The second kappa shape index (κ2) is 2.90. The minimum absolute atomic E-state index is 0.0670. The molecule has 0 bridgehead atoms. The molecule has 2 nitrogen and oxygen atoms in total. The lowest BCUT2D eigenvalue weighted by Gasteiger charge is -1.97. The highest BCUT2D eigenvalue weighted by molar-refractivity contribution is 7.74. The summed E-state index contributed by atoms with van der Waals surface area (Å²) in [6.45, 7) is 0. The van der Waals surface area contributed by atoms with Crippen LogP contribution >= 0.6 is 0 Å². The van der Waals surface area contributed by atoms with Gasteiger partial charge in [0, 0.05) is 15.8 Å². The summed E-state index contributed by atoms with van der Waals surface area (Å²) in [5.41, 5.74) is 2.55. The van der Waals surface area contributed by atoms with Crippen LogP contribution in [-0.4, -0.2) is 9.46 Å². The van der Waals surface area contributed by atoms with Crippen molar-refractivity contribution in [3.05, 3.63) is 35.4 Å². The molecule has 1 aliphatic rings. The Balaban J connectivity index is 2.33. The molecule has 1 atom stereocenters. The van der Waals surface area contributed by atoms with Crippen LogP contribution in [0.15, 0.2) is 24.3 Å². The fourth-order valence-corrected chi connectivity index (χ4v) is 2.43. The van der Waals surface area contributed by atoms with E-state index in [1.54, 1.807) is 0 Å². The van der Waals surface area contributed by atoms with Gasteiger partial charge in [0.25, 0.3) is 0 Å². The molecule has 0 aliphatic heterocycles. The molecule has 3 heteroatoms. The first-order valence-corrected chi connectivity index (χ1v) is 5.34. The Kier molecular flexibility index (Phi) is 1.89. The standard InChI is InChI=1S/C9H11NOS/c10-12(11)9-5-7-3-1-2-4-8(7)6-9/h1-4,9-10,12H,5-6H2. The summed E-state index contributed by atoms with van der Waals surface area (Å²) in [6.07, 6.45) is 1.66. The van der Waals surface area contributed by atoms with E-state index in [0.29, 0.717) is 0 Å². The Bertz CT molecular complexity index is 338. The molecule has 2 rings (SSSR count). The van der Waals surface area contributed by atoms with Gasteiger partial charge in [-0.15, -0.1) is 0 Å². The molecule has 1 aromatic rings. The van der Waals surface area contributed by atoms with Crippen molar-refractivity contribution in [2.45, 2.75) is 18.1 Å². The maximum atomic E-state index is 10.9. The van der Waals surface area contributed by atoms with Crippen molar-refractivity contribution >= 4 is 10.6 Å². The van der Waals surface area contributed by atoms with Crippen molar-refractivity contribution in [3.63, 3.8) is 0 Å². The summed E-state index contributed by atoms with van der Waals surface area (Å²) in [7, 11) is -1.75. The predicted molar refractivity (Wildman–Crippen MR) is 49.9 cm³/mol. The van der Waals surface area contributed by atoms with E-state index in [1.807, 2.05) is 12.1 Å². The topological polar surface area (TPSA) is 40.9 Å². The Hall–Kier alpha value is -0.830. The van der Waals surface area contributed by atoms with Gasteiger partial charge in [-0.2, -0.15) is 0 Å². The summed E-state index contributed by atoms with van der Waals surface area (Å²) >= 11 is 0. The van der Waals surface area contributed by atoms with Gasteiger partial charge in [0.15, 0.2) is 0 Å². The van der Waals surface area contributed by atoms with Gasteiger partial charge >= 0.3 is 0 Å². The zero-order chi connectivity index (χ0) is 8.55. The van der Waals surface area contributed by atoms with Crippen molar-refractivity contribution in [3.8, 4) is 0 Å². The van der Waals surface area contributed by atoms with E-state index in [1.165, 1.54) is 11.1 Å². The third kappa shape index (κ3) is 1.25. The van der Waals surface area contributed by atoms with Crippen molar-refractivity contribution in [2.75, 3.05) is 0 Å². The highest BCUT2D eigenvalue weighted by Crippen LogP contribution is 2.23. The Morgan fingerprint density at radius 2 is 1.75 bits per heavy atom. The van der Waals surface area contributed by atoms with Crippen molar-refractivity contribution in [1.82, 2.24) is 0 Å². The van der Waals surface area contributed by atoms with Gasteiger partial charge in [-0.1, -0.05) is 24.3 Å². The average Bonchev–Trinajstić information content (AvgIpc) is 2.46. The number of rotatable bonds is 1. The molecule has 1 aromatic carbocycles. The minimum Gasteiger partial charge on any atom is -0.255 e. The summed E-state index contributed by atoms with van der Waals surface area (Å²) < 4.78 is 18.1. The minimum atomic E-state index is -1.75. The molecule has 0 heterocycles. The first kappa shape index (κ1) is 7.80. The quantitative estimate of drug-likeness (QED) is 0.632. The highest BCUT2D eigenvalue weighted by atomic mass is 32.2. The van der Waals surface area contributed by atoms with Gasteiger partial charge in [-0.05, 0) is 24.0 Å². The molecule has 0 spiro atoms. The van der Waals surface area contributed by atoms with Crippen LogP contribution in [0.1, 0.15) is 11.1 Å². The average molecular weight is 181 g/mol. The van der Waals surface area contributed by atoms with Crippen LogP contribution in [0, 0.1) is 4.78 Å². The van der Waals surface area contributed by atoms with Crippen molar-refractivity contribution in [1.29, 1.82) is 4.78 Å². The third-order valence-electron chi connectivity index (χ3n) is 2.36. The first-order valence-electron chi connectivity index (χ1n) is 4.02. The molecule has 0 radical (unpaired) electrons.